The number of aromatic nitrogens is 4. The van der Waals surface area contributed by atoms with Gasteiger partial charge in [-0.15, -0.1) is 0 Å². The molecule has 0 aliphatic heterocycles. The quantitative estimate of drug-likeness (QED) is 0.769. The van der Waals surface area contributed by atoms with Crippen molar-refractivity contribution in [3.05, 3.63) is 29.0 Å². The lowest BCUT2D eigenvalue weighted by atomic mass is 10.2. The smallest absolute Gasteiger partial charge is 0.236 e. The van der Waals surface area contributed by atoms with Crippen molar-refractivity contribution in [2.24, 2.45) is 0 Å². The van der Waals surface area contributed by atoms with Gasteiger partial charge in [0.15, 0.2) is 0 Å². The van der Waals surface area contributed by atoms with Crippen molar-refractivity contribution in [3.8, 4) is 5.69 Å². The molecule has 2 aromatic rings. The lowest BCUT2D eigenvalue weighted by molar-refractivity contribution is -0.114. The molecule has 0 spiro atoms. The molecule has 16 heavy (non-hydrogen) atoms. The molecular weight excluding hydrogens is 226 g/mol. The van der Waals surface area contributed by atoms with Crippen LogP contribution in [0.2, 0.25) is 0 Å². The van der Waals surface area contributed by atoms with Crippen LogP contribution in [0.4, 0.5) is 5.69 Å². The van der Waals surface area contributed by atoms with Crippen LogP contribution in [0.15, 0.2) is 24.3 Å². The molecule has 0 radical (unpaired) electrons. The molecule has 0 bridgehead atoms. The summed E-state index contributed by atoms with van der Waals surface area (Å²) in [5.74, 6) is -0.147. The van der Waals surface area contributed by atoms with Gasteiger partial charge in [0.2, 0.25) is 10.7 Å². The van der Waals surface area contributed by atoms with Crippen molar-refractivity contribution in [2.75, 3.05) is 5.32 Å². The number of nitrogens with zero attached hydrogens (tertiary/aromatic N) is 3. The summed E-state index contributed by atoms with van der Waals surface area (Å²) in [6.45, 7) is 1.44. The fourth-order valence-electron chi connectivity index (χ4n) is 1.28. The van der Waals surface area contributed by atoms with Gasteiger partial charge < -0.3 is 5.32 Å². The van der Waals surface area contributed by atoms with E-state index in [-0.39, 0.29) is 10.7 Å². The summed E-state index contributed by atoms with van der Waals surface area (Å²) >= 11 is 4.83. The average Bonchev–Trinajstić information content (AvgIpc) is 2.65. The minimum absolute atomic E-state index is 0.147. The summed E-state index contributed by atoms with van der Waals surface area (Å²) in [7, 11) is 0. The Morgan fingerprint density at radius 1 is 1.50 bits per heavy atom. The average molecular weight is 235 g/mol. The van der Waals surface area contributed by atoms with Gasteiger partial charge in [-0.25, -0.2) is 5.10 Å². The Morgan fingerprint density at radius 3 is 2.88 bits per heavy atom. The topological polar surface area (TPSA) is 75.6 Å². The van der Waals surface area contributed by atoms with E-state index in [0.29, 0.717) is 11.4 Å². The van der Waals surface area contributed by atoms with Gasteiger partial charge in [0, 0.05) is 6.92 Å². The maximum absolute atomic E-state index is 11.0. The van der Waals surface area contributed by atoms with E-state index in [0.717, 1.165) is 0 Å². The number of nitrogens with one attached hydrogen (secondary N) is 2. The van der Waals surface area contributed by atoms with Crippen molar-refractivity contribution < 1.29 is 4.79 Å². The van der Waals surface area contributed by atoms with Crippen LogP contribution in [0.3, 0.4) is 0 Å². The number of aromatic amines is 1. The van der Waals surface area contributed by atoms with Gasteiger partial charge in [0.1, 0.15) is 5.69 Å². The summed E-state index contributed by atoms with van der Waals surface area (Å²) in [5.41, 5.74) is 1.33. The zero-order valence-corrected chi connectivity index (χ0v) is 9.28. The normalized spacial score (nSPS) is 10.1. The first-order chi connectivity index (χ1) is 7.66. The molecule has 6 nitrogen and oxygen atoms in total. The number of hydrogen-bond acceptors (Lipinski definition) is 4. The van der Waals surface area contributed by atoms with Gasteiger partial charge >= 0.3 is 0 Å². The van der Waals surface area contributed by atoms with Crippen molar-refractivity contribution in [3.63, 3.8) is 0 Å². The van der Waals surface area contributed by atoms with Crippen LogP contribution in [0.5, 0.6) is 0 Å². The second kappa shape index (κ2) is 4.23. The Labute approximate surface area is 96.3 Å². The van der Waals surface area contributed by atoms with Crippen LogP contribution in [0, 0.1) is 4.77 Å². The number of hydrogen-bond donors (Lipinski definition) is 2. The van der Waals surface area contributed by atoms with E-state index < -0.39 is 0 Å². The summed E-state index contributed by atoms with van der Waals surface area (Å²) in [5, 5.41) is 12.9. The first kappa shape index (κ1) is 10.5. The number of benzene rings is 1. The zero-order valence-electron chi connectivity index (χ0n) is 8.47. The lowest BCUT2D eigenvalue weighted by Crippen LogP contribution is -2.10. The Morgan fingerprint density at radius 2 is 2.25 bits per heavy atom. The van der Waals surface area contributed by atoms with Gasteiger partial charge in [0.05, 0.1) is 5.69 Å². The molecule has 0 aliphatic carbocycles. The molecule has 7 heteroatoms. The predicted octanol–water partition coefficient (Wildman–Crippen LogP) is 1.28. The summed E-state index contributed by atoms with van der Waals surface area (Å²) in [6, 6.07) is 7.22. The lowest BCUT2D eigenvalue weighted by Gasteiger charge is -2.07. The SMILES string of the molecule is CC(=O)Nc1ccccc1-n1nnc(=S)[nH]1. The molecule has 0 fully saturated rings. The summed E-state index contributed by atoms with van der Waals surface area (Å²) in [6.07, 6.45) is 0. The standard InChI is InChI=1S/C9H9N5OS/c1-6(15)10-7-4-2-3-5-8(7)14-12-9(16)11-13-14/h2-5H,1H3,(H,10,15)(H,12,16). The van der Waals surface area contributed by atoms with Crippen molar-refractivity contribution in [1.29, 1.82) is 0 Å². The third-order valence-corrected chi connectivity index (χ3v) is 2.04. The van der Waals surface area contributed by atoms with Crippen LogP contribution >= 0.6 is 12.2 Å². The third-order valence-electron chi connectivity index (χ3n) is 1.87. The molecule has 82 valence electrons. The third kappa shape index (κ3) is 2.14. The molecule has 1 aromatic heterocycles. The highest BCUT2D eigenvalue weighted by molar-refractivity contribution is 7.71. The maximum Gasteiger partial charge on any atom is 0.236 e. The Balaban J connectivity index is 2.47. The van der Waals surface area contributed by atoms with Crippen molar-refractivity contribution in [2.45, 2.75) is 6.92 Å². The molecule has 0 unspecified atom stereocenters. The van der Waals surface area contributed by atoms with Gasteiger partial charge in [-0.2, -0.15) is 4.80 Å². The number of tetrazole rings is 1. The van der Waals surface area contributed by atoms with Crippen molar-refractivity contribution in [1.82, 2.24) is 20.2 Å². The minimum atomic E-state index is -0.147. The largest absolute Gasteiger partial charge is 0.324 e. The monoisotopic (exact) mass is 235 g/mol. The number of rotatable bonds is 2. The molecule has 0 atom stereocenters. The van der Waals surface area contributed by atoms with E-state index in [2.05, 4.69) is 20.7 Å². The molecule has 1 aromatic carbocycles. The number of anilines is 1. The number of para-hydroxylation sites is 2. The number of amides is 1. The van der Waals surface area contributed by atoms with Gasteiger partial charge in [-0.1, -0.05) is 17.2 Å². The fraction of sp³-hybridized carbons (Fsp3) is 0.111. The van der Waals surface area contributed by atoms with Crippen LogP contribution in [-0.4, -0.2) is 26.1 Å². The Kier molecular flexibility index (Phi) is 2.78. The highest BCUT2D eigenvalue weighted by Gasteiger charge is 2.06. The van der Waals surface area contributed by atoms with E-state index in [4.69, 9.17) is 12.2 Å². The highest BCUT2D eigenvalue weighted by Crippen LogP contribution is 2.17. The second-order valence-corrected chi connectivity index (χ2v) is 3.50. The maximum atomic E-state index is 11.0. The van der Waals surface area contributed by atoms with E-state index in [1.54, 1.807) is 12.1 Å². The van der Waals surface area contributed by atoms with E-state index in [1.807, 2.05) is 12.1 Å². The van der Waals surface area contributed by atoms with Gasteiger partial charge in [-0.05, 0) is 29.6 Å². The molecular formula is C9H9N5OS. The Bertz CT molecular complexity index is 573. The zero-order chi connectivity index (χ0) is 11.5. The van der Waals surface area contributed by atoms with Gasteiger partial charge in [-0.3, -0.25) is 4.79 Å². The van der Waals surface area contributed by atoms with Crippen LogP contribution in [0.25, 0.3) is 5.69 Å². The Hall–Kier alpha value is -2.02. The minimum Gasteiger partial charge on any atom is -0.324 e. The number of H-pyrrole nitrogens is 1. The first-order valence-corrected chi connectivity index (χ1v) is 4.96. The van der Waals surface area contributed by atoms with E-state index in [1.165, 1.54) is 11.7 Å². The summed E-state index contributed by atoms with van der Waals surface area (Å²) in [4.78, 5) is 12.4. The molecule has 0 aliphatic rings. The van der Waals surface area contributed by atoms with E-state index in [9.17, 15) is 4.79 Å². The van der Waals surface area contributed by atoms with E-state index >= 15 is 0 Å². The molecule has 2 N–H and O–H groups in total. The highest BCUT2D eigenvalue weighted by atomic mass is 32.1. The molecule has 1 amide bonds. The van der Waals surface area contributed by atoms with Crippen molar-refractivity contribution >= 4 is 23.8 Å². The van der Waals surface area contributed by atoms with Crippen LogP contribution < -0.4 is 5.32 Å². The van der Waals surface area contributed by atoms with Crippen LogP contribution in [0.1, 0.15) is 6.92 Å². The van der Waals surface area contributed by atoms with Gasteiger partial charge in [0.25, 0.3) is 0 Å². The fourth-order valence-corrected chi connectivity index (χ4v) is 1.41. The molecule has 0 saturated carbocycles. The van der Waals surface area contributed by atoms with Crippen LogP contribution in [-0.2, 0) is 4.79 Å². The number of carbonyl (C=O) groups excluding carboxylic acids is 1. The molecule has 0 saturated heterocycles. The number of carbonyl (C=O) groups is 1. The first-order valence-electron chi connectivity index (χ1n) is 4.56. The summed E-state index contributed by atoms with van der Waals surface area (Å²) < 4.78 is 0.289. The second-order valence-electron chi connectivity index (χ2n) is 3.12. The molecule has 2 rings (SSSR count). The predicted molar refractivity (Wildman–Crippen MR) is 60.8 cm³/mol. The molecule has 1 heterocycles.